The molecule has 11 heteroatoms. The molecule has 0 spiro atoms. The smallest absolute Gasteiger partial charge is 0.354 e. The van der Waals surface area contributed by atoms with E-state index in [0.717, 1.165) is 17.7 Å². The molecule has 5 nitrogen and oxygen atoms in total. The van der Waals surface area contributed by atoms with Crippen LogP contribution in [0, 0.1) is 0 Å². The Hall–Kier alpha value is -3.89. The number of hydrogen-bond donors (Lipinski definition) is 1. The van der Waals surface area contributed by atoms with E-state index in [1.807, 2.05) is 30.3 Å². The van der Waals surface area contributed by atoms with Crippen LogP contribution < -0.4 is 5.32 Å². The molecular weight excluding hydrogens is 472 g/mol. The molecule has 0 amide bonds. The van der Waals surface area contributed by atoms with Gasteiger partial charge in [0.2, 0.25) is 5.95 Å². The van der Waals surface area contributed by atoms with E-state index < -0.39 is 29.1 Å². The summed E-state index contributed by atoms with van der Waals surface area (Å²) in [5, 5.41) is 2.84. The van der Waals surface area contributed by atoms with Crippen LogP contribution in [-0.4, -0.2) is 26.1 Å². The highest BCUT2D eigenvalue weighted by Gasteiger charge is 2.37. The number of imidazole rings is 1. The maximum Gasteiger partial charge on any atom is 0.435 e. The Balaban J connectivity index is 1.62. The maximum atomic E-state index is 13.7. The summed E-state index contributed by atoms with van der Waals surface area (Å²) in [6.07, 6.45) is -5.79. The second kappa shape index (κ2) is 9.40. The highest BCUT2D eigenvalue weighted by Crippen LogP contribution is 2.34. The number of anilines is 1. The number of fused-ring (bicyclic) bond motifs is 1. The third kappa shape index (κ3) is 5.61. The van der Waals surface area contributed by atoms with E-state index in [4.69, 9.17) is 0 Å². The van der Waals surface area contributed by atoms with Gasteiger partial charge < -0.3 is 9.88 Å². The van der Waals surface area contributed by atoms with Gasteiger partial charge in [0.15, 0.2) is 11.3 Å². The van der Waals surface area contributed by atoms with Gasteiger partial charge in [0.05, 0.1) is 5.56 Å². The molecule has 0 bridgehead atoms. The molecule has 0 aliphatic heterocycles. The van der Waals surface area contributed by atoms with Crippen molar-refractivity contribution in [1.29, 1.82) is 0 Å². The van der Waals surface area contributed by atoms with Gasteiger partial charge in [0.1, 0.15) is 11.3 Å². The summed E-state index contributed by atoms with van der Waals surface area (Å²) in [7, 11) is 1.50. The van der Waals surface area contributed by atoms with Gasteiger partial charge in [0, 0.05) is 13.6 Å². The van der Waals surface area contributed by atoms with Crippen molar-refractivity contribution in [2.45, 2.75) is 18.8 Å². The fourth-order valence-corrected chi connectivity index (χ4v) is 3.42. The number of nitrogens with zero attached hydrogens (tertiary/aromatic N) is 4. The first kappa shape index (κ1) is 24.2. The number of rotatable bonds is 6. The molecule has 4 rings (SSSR count). The fraction of sp³-hybridized carbons (Fsp3) is 0.208. The second-order valence-corrected chi connectivity index (χ2v) is 7.71. The molecule has 0 aliphatic rings. The molecule has 1 N–H and O–H groups in total. The van der Waals surface area contributed by atoms with E-state index in [9.17, 15) is 26.3 Å². The van der Waals surface area contributed by atoms with Crippen molar-refractivity contribution in [3.8, 4) is 0 Å². The first-order chi connectivity index (χ1) is 16.5. The normalized spacial score (nSPS) is 12.5. The summed E-state index contributed by atoms with van der Waals surface area (Å²) in [5.41, 5.74) is -0.977. The lowest BCUT2D eigenvalue weighted by Crippen LogP contribution is -2.14. The second-order valence-electron chi connectivity index (χ2n) is 7.71. The summed E-state index contributed by atoms with van der Waals surface area (Å²) in [4.78, 5) is 11.9. The third-order valence-electron chi connectivity index (χ3n) is 5.22. The van der Waals surface area contributed by atoms with Crippen molar-refractivity contribution in [3.05, 3.63) is 82.8 Å². The molecule has 0 saturated carbocycles. The van der Waals surface area contributed by atoms with Crippen LogP contribution in [0.1, 0.15) is 28.2 Å². The largest absolute Gasteiger partial charge is 0.435 e. The van der Waals surface area contributed by atoms with E-state index in [1.54, 1.807) is 0 Å². The van der Waals surface area contributed by atoms with Crippen molar-refractivity contribution in [2.75, 3.05) is 11.9 Å². The lowest BCUT2D eigenvalue weighted by Gasteiger charge is -2.10. The van der Waals surface area contributed by atoms with Gasteiger partial charge in [-0.3, -0.25) is 0 Å². The number of halogens is 6. The number of alkyl halides is 6. The van der Waals surface area contributed by atoms with E-state index in [2.05, 4.69) is 20.3 Å². The van der Waals surface area contributed by atoms with Gasteiger partial charge in [-0.2, -0.15) is 31.3 Å². The zero-order valence-electron chi connectivity index (χ0n) is 18.3. The molecule has 0 fully saturated rings. The highest BCUT2D eigenvalue weighted by molar-refractivity contribution is 5.80. The molecule has 0 aliphatic carbocycles. The Morgan fingerprint density at radius 1 is 0.829 bits per heavy atom. The lowest BCUT2D eigenvalue weighted by molar-refractivity contribution is -0.140. The molecule has 0 atom stereocenters. The minimum Gasteiger partial charge on any atom is -0.354 e. The van der Waals surface area contributed by atoms with Crippen LogP contribution >= 0.6 is 0 Å². The summed E-state index contributed by atoms with van der Waals surface area (Å²) in [5.74, 6) is -0.0387. The fourth-order valence-electron chi connectivity index (χ4n) is 3.42. The van der Waals surface area contributed by atoms with Crippen LogP contribution in [0.15, 0.2) is 54.6 Å². The monoisotopic (exact) mass is 491 g/mol. The molecule has 0 unspecified atom stereocenters. The number of nitrogens with one attached hydrogen (secondary N) is 1. The van der Waals surface area contributed by atoms with Crippen molar-refractivity contribution < 1.29 is 26.3 Å². The zero-order chi connectivity index (χ0) is 25.2. The van der Waals surface area contributed by atoms with Crippen molar-refractivity contribution in [3.63, 3.8) is 0 Å². The Morgan fingerprint density at radius 2 is 1.51 bits per heavy atom. The Labute approximate surface area is 196 Å². The molecule has 0 radical (unpaired) electrons. The number of aromatic nitrogens is 4. The summed E-state index contributed by atoms with van der Waals surface area (Å²) in [6, 6.07) is 13.8. The topological polar surface area (TPSA) is 55.6 Å². The molecule has 2 heterocycles. The van der Waals surface area contributed by atoms with Crippen molar-refractivity contribution in [2.24, 2.45) is 7.05 Å². The first-order valence-electron chi connectivity index (χ1n) is 10.5. The van der Waals surface area contributed by atoms with Crippen LogP contribution in [0.4, 0.5) is 32.3 Å². The van der Waals surface area contributed by atoms with E-state index >= 15 is 0 Å². The quantitative estimate of drug-likeness (QED) is 0.325. The number of aryl methyl sites for hydroxylation is 1. The van der Waals surface area contributed by atoms with Gasteiger partial charge in [0.25, 0.3) is 0 Å². The predicted octanol–water partition coefficient (Wildman–Crippen LogP) is 6.23. The van der Waals surface area contributed by atoms with Gasteiger partial charge in [-0.1, -0.05) is 48.5 Å². The lowest BCUT2D eigenvalue weighted by atomic mass is 10.1. The molecule has 2 aromatic heterocycles. The van der Waals surface area contributed by atoms with Gasteiger partial charge in [-0.25, -0.2) is 9.97 Å². The highest BCUT2D eigenvalue weighted by atomic mass is 19.4. The summed E-state index contributed by atoms with van der Waals surface area (Å²) in [6.45, 7) is 0.325. The Morgan fingerprint density at radius 3 is 2.14 bits per heavy atom. The third-order valence-corrected chi connectivity index (χ3v) is 5.22. The average molecular weight is 491 g/mol. The zero-order valence-corrected chi connectivity index (χ0v) is 18.3. The summed E-state index contributed by atoms with van der Waals surface area (Å²) < 4.78 is 80.8. The van der Waals surface area contributed by atoms with E-state index in [0.29, 0.717) is 18.5 Å². The minimum atomic E-state index is -4.76. The van der Waals surface area contributed by atoms with Gasteiger partial charge >= 0.3 is 12.4 Å². The van der Waals surface area contributed by atoms with E-state index in [1.165, 1.54) is 35.9 Å². The maximum absolute atomic E-state index is 13.7. The molecule has 35 heavy (non-hydrogen) atoms. The Bertz CT molecular complexity index is 1340. The Kier molecular flexibility index (Phi) is 6.51. The molecule has 0 saturated heterocycles. The number of benzene rings is 2. The summed E-state index contributed by atoms with van der Waals surface area (Å²) >= 11 is 0. The van der Waals surface area contributed by atoms with Crippen LogP contribution in [0.5, 0.6) is 0 Å². The average Bonchev–Trinajstić information content (AvgIpc) is 3.12. The molecule has 182 valence electrons. The van der Waals surface area contributed by atoms with Gasteiger partial charge in [-0.05, 0) is 35.8 Å². The standard InChI is InChI=1S/C24H19F6N5/c1-35-18(12-9-16-7-10-17(11-8-16)23(25,26)27)32-19-20(24(28,29)30)33-22(34-21(19)35)31-14-13-15-5-3-2-4-6-15/h2-12H,13-14H2,1H3,(H,31,33,34)/b12-9-. The van der Waals surface area contributed by atoms with Crippen LogP contribution in [0.3, 0.4) is 0 Å². The van der Waals surface area contributed by atoms with Crippen molar-refractivity contribution >= 4 is 29.3 Å². The van der Waals surface area contributed by atoms with Crippen LogP contribution in [0.25, 0.3) is 23.3 Å². The minimum absolute atomic E-state index is 0.0263. The molecule has 2 aromatic carbocycles. The predicted molar refractivity (Wildman–Crippen MR) is 120 cm³/mol. The van der Waals surface area contributed by atoms with Crippen LogP contribution in [0.2, 0.25) is 0 Å². The van der Waals surface area contributed by atoms with E-state index in [-0.39, 0.29) is 17.4 Å². The van der Waals surface area contributed by atoms with Crippen molar-refractivity contribution in [1.82, 2.24) is 19.5 Å². The number of hydrogen-bond acceptors (Lipinski definition) is 4. The SMILES string of the molecule is Cn1c(/C=C\c2ccc(C(F)(F)F)cc2)nc2c(C(F)(F)F)nc(NCCc3ccccc3)nc21. The first-order valence-corrected chi connectivity index (χ1v) is 10.5. The molecule has 4 aromatic rings. The van der Waals surface area contributed by atoms with Crippen LogP contribution in [-0.2, 0) is 25.8 Å². The van der Waals surface area contributed by atoms with Gasteiger partial charge in [-0.15, -0.1) is 0 Å². The molecular formula is C24H19F6N5.